The Labute approximate surface area is 116 Å². The van der Waals surface area contributed by atoms with Crippen molar-refractivity contribution < 1.29 is 18.0 Å². The summed E-state index contributed by atoms with van der Waals surface area (Å²) in [6, 6.07) is 9.70. The summed E-state index contributed by atoms with van der Waals surface area (Å²) in [6.07, 6.45) is -3.15. The number of hydrogen-bond donors (Lipinski definition) is 0. The Morgan fingerprint density at radius 2 is 1.90 bits per heavy atom. The van der Waals surface area contributed by atoms with E-state index < -0.39 is 18.5 Å². The van der Waals surface area contributed by atoms with Crippen LogP contribution >= 0.6 is 0 Å². The molecule has 1 atom stereocenters. The lowest BCUT2D eigenvalue weighted by molar-refractivity contribution is -0.161. The van der Waals surface area contributed by atoms with Gasteiger partial charge in [-0.2, -0.15) is 13.2 Å². The van der Waals surface area contributed by atoms with Crippen LogP contribution in [0.5, 0.6) is 0 Å². The first-order valence-electron chi connectivity index (χ1n) is 6.85. The van der Waals surface area contributed by atoms with Gasteiger partial charge in [0.15, 0.2) is 0 Å². The number of nitrogens with zero attached hydrogens (tertiary/aromatic N) is 1. The fraction of sp³-hybridized carbons (Fsp3) is 0.533. The number of alkyl halides is 3. The van der Waals surface area contributed by atoms with Crippen LogP contribution in [-0.2, 0) is 4.79 Å². The number of carbonyl (C=O) groups is 1. The second kappa shape index (κ2) is 6.29. The average molecular weight is 285 g/mol. The number of rotatable bonds is 2. The first-order valence-corrected chi connectivity index (χ1v) is 6.85. The Morgan fingerprint density at radius 1 is 1.20 bits per heavy atom. The van der Waals surface area contributed by atoms with E-state index in [-0.39, 0.29) is 5.92 Å². The maximum Gasteiger partial charge on any atom is 0.397 e. The van der Waals surface area contributed by atoms with Crippen molar-refractivity contribution in [3.63, 3.8) is 0 Å². The Morgan fingerprint density at radius 3 is 2.55 bits per heavy atom. The number of hydrogen-bond acceptors (Lipinski definition) is 1. The lowest BCUT2D eigenvalue weighted by Gasteiger charge is -2.25. The summed E-state index contributed by atoms with van der Waals surface area (Å²) >= 11 is 0. The van der Waals surface area contributed by atoms with Crippen molar-refractivity contribution in [3.05, 3.63) is 35.9 Å². The molecule has 0 radical (unpaired) electrons. The van der Waals surface area contributed by atoms with E-state index in [1.165, 1.54) is 4.90 Å². The number of likely N-dealkylation sites (tertiary alicyclic amines) is 1. The summed E-state index contributed by atoms with van der Waals surface area (Å²) in [5.41, 5.74) is 1.10. The summed E-state index contributed by atoms with van der Waals surface area (Å²) in [6.45, 7) is 0.817. The van der Waals surface area contributed by atoms with Gasteiger partial charge >= 0.3 is 6.18 Å². The zero-order valence-corrected chi connectivity index (χ0v) is 11.2. The predicted octanol–water partition coefficient (Wildman–Crippen LogP) is 3.74. The van der Waals surface area contributed by atoms with Gasteiger partial charge in [0.05, 0.1) is 0 Å². The molecule has 2 nitrogen and oxygen atoms in total. The Kier molecular flexibility index (Phi) is 4.68. The minimum atomic E-state index is -4.42. The van der Waals surface area contributed by atoms with E-state index in [9.17, 15) is 18.0 Å². The summed E-state index contributed by atoms with van der Waals surface area (Å²) in [7, 11) is 0. The topological polar surface area (TPSA) is 20.3 Å². The summed E-state index contributed by atoms with van der Waals surface area (Å²) in [4.78, 5) is 13.1. The van der Waals surface area contributed by atoms with Crippen molar-refractivity contribution in [3.8, 4) is 0 Å². The van der Waals surface area contributed by atoms with Gasteiger partial charge < -0.3 is 4.90 Å². The molecule has 1 aliphatic heterocycles. The van der Waals surface area contributed by atoms with E-state index in [0.29, 0.717) is 13.1 Å². The summed E-state index contributed by atoms with van der Waals surface area (Å²) < 4.78 is 37.0. The first kappa shape index (κ1) is 14.9. The van der Waals surface area contributed by atoms with Gasteiger partial charge in [-0.25, -0.2) is 0 Å². The average Bonchev–Trinajstić information content (AvgIpc) is 2.63. The second-order valence-corrected chi connectivity index (χ2v) is 5.24. The third kappa shape index (κ3) is 4.25. The highest BCUT2D eigenvalue weighted by Gasteiger charge is 2.34. The van der Waals surface area contributed by atoms with E-state index in [2.05, 4.69) is 0 Å². The molecule has 20 heavy (non-hydrogen) atoms. The minimum absolute atomic E-state index is 0.135. The largest absolute Gasteiger partial charge is 0.397 e. The molecule has 0 bridgehead atoms. The normalized spacial score (nSPS) is 20.6. The van der Waals surface area contributed by atoms with Gasteiger partial charge in [0.2, 0.25) is 5.91 Å². The van der Waals surface area contributed by atoms with E-state index in [1.807, 2.05) is 30.3 Å². The van der Waals surface area contributed by atoms with E-state index in [0.717, 1.165) is 24.8 Å². The maximum atomic E-state index is 12.3. The molecule has 0 N–H and O–H groups in total. The van der Waals surface area contributed by atoms with Crippen molar-refractivity contribution in [2.75, 3.05) is 13.1 Å². The molecule has 1 aromatic carbocycles. The molecule has 0 spiro atoms. The molecule has 5 heteroatoms. The monoisotopic (exact) mass is 285 g/mol. The zero-order chi connectivity index (χ0) is 14.6. The van der Waals surface area contributed by atoms with Crippen LogP contribution in [0.3, 0.4) is 0 Å². The van der Waals surface area contributed by atoms with Crippen LogP contribution in [0.1, 0.15) is 37.2 Å². The van der Waals surface area contributed by atoms with Crippen LogP contribution in [0.4, 0.5) is 13.2 Å². The van der Waals surface area contributed by atoms with Crippen LogP contribution in [0.15, 0.2) is 30.3 Å². The third-order valence-corrected chi connectivity index (χ3v) is 3.65. The molecule has 1 fully saturated rings. The Bertz CT molecular complexity index is 444. The Balaban J connectivity index is 2.05. The second-order valence-electron chi connectivity index (χ2n) is 5.24. The van der Waals surface area contributed by atoms with Gasteiger partial charge in [-0.15, -0.1) is 0 Å². The maximum absolute atomic E-state index is 12.3. The number of amides is 1. The molecule has 0 saturated carbocycles. The molecule has 0 aromatic heterocycles. The summed E-state index contributed by atoms with van der Waals surface area (Å²) in [5, 5.41) is 0. The third-order valence-electron chi connectivity index (χ3n) is 3.65. The van der Waals surface area contributed by atoms with E-state index >= 15 is 0 Å². The number of benzene rings is 1. The van der Waals surface area contributed by atoms with Gasteiger partial charge in [-0.1, -0.05) is 36.8 Å². The van der Waals surface area contributed by atoms with Crippen molar-refractivity contribution in [1.82, 2.24) is 4.90 Å². The lowest BCUT2D eigenvalue weighted by atomic mass is 9.94. The highest BCUT2D eigenvalue weighted by molar-refractivity contribution is 5.77. The van der Waals surface area contributed by atoms with Crippen LogP contribution in [0.25, 0.3) is 0 Å². The van der Waals surface area contributed by atoms with Crippen molar-refractivity contribution in [2.45, 2.75) is 37.8 Å². The summed E-state index contributed by atoms with van der Waals surface area (Å²) in [5.74, 6) is -0.670. The fourth-order valence-electron chi connectivity index (χ4n) is 2.65. The SMILES string of the molecule is O=C(CC(F)(F)F)N1CCCC[C@@H](c2ccccc2)C1. The van der Waals surface area contributed by atoms with E-state index in [4.69, 9.17) is 0 Å². The molecule has 110 valence electrons. The quantitative estimate of drug-likeness (QED) is 0.810. The first-order chi connectivity index (χ1) is 9.46. The van der Waals surface area contributed by atoms with Gasteiger partial charge in [0, 0.05) is 19.0 Å². The number of halogens is 3. The molecule has 0 unspecified atom stereocenters. The van der Waals surface area contributed by atoms with Crippen molar-refractivity contribution in [1.29, 1.82) is 0 Å². The molecule has 2 rings (SSSR count). The van der Waals surface area contributed by atoms with Crippen molar-refractivity contribution in [2.24, 2.45) is 0 Å². The smallest absolute Gasteiger partial charge is 0.342 e. The molecular weight excluding hydrogens is 267 g/mol. The van der Waals surface area contributed by atoms with Gasteiger partial charge in [-0.3, -0.25) is 4.79 Å². The molecule has 1 aromatic rings. The van der Waals surface area contributed by atoms with Crippen LogP contribution < -0.4 is 0 Å². The fourth-order valence-corrected chi connectivity index (χ4v) is 2.65. The number of carbonyl (C=O) groups excluding carboxylic acids is 1. The lowest BCUT2D eigenvalue weighted by Crippen LogP contribution is -2.36. The Hall–Kier alpha value is -1.52. The molecule has 1 aliphatic rings. The molecular formula is C15H18F3NO. The highest BCUT2D eigenvalue weighted by Crippen LogP contribution is 2.28. The van der Waals surface area contributed by atoms with Crippen LogP contribution in [0, 0.1) is 0 Å². The molecule has 0 aliphatic carbocycles. The van der Waals surface area contributed by atoms with Crippen molar-refractivity contribution >= 4 is 5.91 Å². The zero-order valence-electron chi connectivity index (χ0n) is 11.2. The molecule has 1 heterocycles. The predicted molar refractivity (Wildman–Crippen MR) is 70.3 cm³/mol. The highest BCUT2D eigenvalue weighted by atomic mass is 19.4. The van der Waals surface area contributed by atoms with Gasteiger partial charge in [0.25, 0.3) is 0 Å². The van der Waals surface area contributed by atoms with Gasteiger partial charge in [0.1, 0.15) is 6.42 Å². The molecule has 1 saturated heterocycles. The van der Waals surface area contributed by atoms with Gasteiger partial charge in [-0.05, 0) is 18.4 Å². The van der Waals surface area contributed by atoms with E-state index in [1.54, 1.807) is 0 Å². The minimum Gasteiger partial charge on any atom is -0.342 e. The standard InChI is InChI=1S/C15H18F3NO/c16-15(17,18)10-14(20)19-9-5-4-8-13(11-19)12-6-2-1-3-7-12/h1-3,6-7,13H,4-5,8-11H2/t13-/m1/s1. The van der Waals surface area contributed by atoms with Crippen LogP contribution in [0.2, 0.25) is 0 Å². The van der Waals surface area contributed by atoms with Crippen LogP contribution in [-0.4, -0.2) is 30.1 Å². The molecule has 1 amide bonds.